The van der Waals surface area contributed by atoms with Crippen molar-refractivity contribution in [3.63, 3.8) is 0 Å². The highest BCUT2D eigenvalue weighted by molar-refractivity contribution is 6.08. The molecule has 1 aliphatic heterocycles. The zero-order chi connectivity index (χ0) is 15.7. The Morgan fingerprint density at radius 1 is 1.18 bits per heavy atom. The third-order valence-electron chi connectivity index (χ3n) is 3.91. The predicted molar refractivity (Wildman–Crippen MR) is 77.2 cm³/mol. The Hall–Kier alpha value is -2.50. The van der Waals surface area contributed by atoms with E-state index in [1.807, 2.05) is 0 Å². The van der Waals surface area contributed by atoms with Crippen molar-refractivity contribution in [2.45, 2.75) is 25.7 Å². The molecular formula is C16H15FN2O3. The Bertz CT molecular complexity index is 679. The van der Waals surface area contributed by atoms with Crippen molar-refractivity contribution in [1.29, 1.82) is 0 Å². The maximum Gasteiger partial charge on any atom is 0.232 e. The van der Waals surface area contributed by atoms with Gasteiger partial charge in [-0.15, -0.1) is 0 Å². The summed E-state index contributed by atoms with van der Waals surface area (Å²) in [6, 6.07) is 5.35. The van der Waals surface area contributed by atoms with Gasteiger partial charge in [0.2, 0.25) is 11.8 Å². The number of amides is 2. The quantitative estimate of drug-likeness (QED) is 0.876. The summed E-state index contributed by atoms with van der Waals surface area (Å²) in [7, 11) is 0. The van der Waals surface area contributed by atoms with Crippen molar-refractivity contribution < 1.29 is 18.8 Å². The van der Waals surface area contributed by atoms with Crippen LogP contribution in [0, 0.1) is 11.7 Å². The van der Waals surface area contributed by atoms with Gasteiger partial charge in [0.1, 0.15) is 5.82 Å². The van der Waals surface area contributed by atoms with E-state index in [1.54, 1.807) is 0 Å². The molecule has 2 N–H and O–H groups in total. The van der Waals surface area contributed by atoms with E-state index in [-0.39, 0.29) is 18.1 Å². The van der Waals surface area contributed by atoms with Crippen LogP contribution in [0.5, 0.6) is 0 Å². The van der Waals surface area contributed by atoms with E-state index >= 15 is 0 Å². The van der Waals surface area contributed by atoms with Crippen LogP contribution >= 0.6 is 0 Å². The van der Waals surface area contributed by atoms with Crippen LogP contribution in [0.1, 0.15) is 25.7 Å². The highest BCUT2D eigenvalue weighted by atomic mass is 19.1. The van der Waals surface area contributed by atoms with Crippen LogP contribution in [-0.4, -0.2) is 17.6 Å². The van der Waals surface area contributed by atoms with Gasteiger partial charge < -0.3 is 10.6 Å². The number of allylic oxidation sites excluding steroid dienone is 1. The highest BCUT2D eigenvalue weighted by Gasteiger charge is 2.37. The van der Waals surface area contributed by atoms with Crippen LogP contribution in [0.3, 0.4) is 0 Å². The summed E-state index contributed by atoms with van der Waals surface area (Å²) in [6.45, 7) is 0. The number of carbonyl (C=O) groups excluding carboxylic acids is 3. The topological polar surface area (TPSA) is 75.3 Å². The number of nitrogens with one attached hydrogen (secondary N) is 2. The molecule has 0 aromatic heterocycles. The fourth-order valence-corrected chi connectivity index (χ4v) is 2.89. The van der Waals surface area contributed by atoms with Crippen LogP contribution in [0.25, 0.3) is 0 Å². The molecule has 114 valence electrons. The van der Waals surface area contributed by atoms with Crippen LogP contribution < -0.4 is 10.6 Å². The average Bonchev–Trinajstić information content (AvgIpc) is 2.48. The first-order valence-corrected chi connectivity index (χ1v) is 7.17. The lowest BCUT2D eigenvalue weighted by Gasteiger charge is -2.30. The van der Waals surface area contributed by atoms with Crippen LogP contribution in [0.2, 0.25) is 0 Å². The molecule has 1 heterocycles. The fourth-order valence-electron chi connectivity index (χ4n) is 2.89. The standard InChI is InChI=1S/C16H15FN2O3/c17-9-4-6-10(7-5-9)18-16(22)11-8-14(21)19-12-2-1-3-13(20)15(11)12/h4-7,11H,1-3,8H2,(H,18,22)(H,19,21). The lowest BCUT2D eigenvalue weighted by molar-refractivity contribution is -0.128. The molecule has 1 atom stereocenters. The molecule has 6 heteroatoms. The summed E-state index contributed by atoms with van der Waals surface area (Å²) < 4.78 is 12.9. The minimum atomic E-state index is -0.776. The maximum atomic E-state index is 12.9. The Morgan fingerprint density at radius 2 is 1.91 bits per heavy atom. The first-order chi connectivity index (χ1) is 10.5. The maximum absolute atomic E-state index is 12.9. The SMILES string of the molecule is O=C1CC(C(=O)Nc2ccc(F)cc2)C2=C(CCCC2=O)N1. The van der Waals surface area contributed by atoms with Crippen molar-refractivity contribution in [3.05, 3.63) is 41.4 Å². The number of benzene rings is 1. The molecule has 0 saturated heterocycles. The molecule has 0 bridgehead atoms. The average molecular weight is 302 g/mol. The number of Topliss-reactive ketones (excluding diaryl/α,β-unsaturated/α-hetero) is 1. The van der Waals surface area contributed by atoms with E-state index in [0.717, 1.165) is 0 Å². The smallest absolute Gasteiger partial charge is 0.232 e. The molecule has 1 aromatic rings. The molecule has 1 aliphatic carbocycles. The number of rotatable bonds is 2. The summed E-state index contributed by atoms with van der Waals surface area (Å²) >= 11 is 0. The number of carbonyl (C=O) groups is 3. The molecule has 2 amide bonds. The molecule has 0 radical (unpaired) electrons. The Labute approximate surface area is 126 Å². The third-order valence-corrected chi connectivity index (χ3v) is 3.91. The van der Waals surface area contributed by atoms with Gasteiger partial charge >= 0.3 is 0 Å². The largest absolute Gasteiger partial charge is 0.329 e. The summed E-state index contributed by atoms with van der Waals surface area (Å²) in [6.07, 6.45) is 1.64. The molecule has 5 nitrogen and oxygen atoms in total. The highest BCUT2D eigenvalue weighted by Crippen LogP contribution is 2.32. The predicted octanol–water partition coefficient (Wildman–Crippen LogP) is 1.91. The zero-order valence-electron chi connectivity index (χ0n) is 11.8. The molecular weight excluding hydrogens is 287 g/mol. The van der Waals surface area contributed by atoms with Crippen molar-refractivity contribution in [1.82, 2.24) is 5.32 Å². The van der Waals surface area contributed by atoms with E-state index in [2.05, 4.69) is 10.6 Å². The van der Waals surface area contributed by atoms with Gasteiger partial charge in [0.15, 0.2) is 5.78 Å². The second-order valence-electron chi connectivity index (χ2n) is 5.47. The van der Waals surface area contributed by atoms with Crippen molar-refractivity contribution >= 4 is 23.3 Å². The normalized spacial score (nSPS) is 21.2. The van der Waals surface area contributed by atoms with Gasteiger partial charge in [0.05, 0.1) is 5.92 Å². The molecule has 0 saturated carbocycles. The molecule has 1 unspecified atom stereocenters. The van der Waals surface area contributed by atoms with E-state index in [0.29, 0.717) is 36.2 Å². The molecule has 0 spiro atoms. The summed E-state index contributed by atoms with van der Waals surface area (Å²) in [5.74, 6) is -1.93. The van der Waals surface area contributed by atoms with E-state index < -0.39 is 17.6 Å². The van der Waals surface area contributed by atoms with Gasteiger partial charge in [-0.3, -0.25) is 14.4 Å². The summed E-state index contributed by atoms with van der Waals surface area (Å²) in [5.41, 5.74) is 1.43. The second kappa shape index (κ2) is 5.71. The van der Waals surface area contributed by atoms with Gasteiger partial charge in [0.25, 0.3) is 0 Å². The third kappa shape index (κ3) is 2.77. The molecule has 3 rings (SSSR count). The van der Waals surface area contributed by atoms with Crippen molar-refractivity contribution in [3.8, 4) is 0 Å². The van der Waals surface area contributed by atoms with Crippen LogP contribution in [-0.2, 0) is 14.4 Å². The molecule has 0 fully saturated rings. The minimum Gasteiger partial charge on any atom is -0.329 e. The lowest BCUT2D eigenvalue weighted by atomic mass is 9.81. The van der Waals surface area contributed by atoms with Gasteiger partial charge in [-0.05, 0) is 37.1 Å². The minimum absolute atomic E-state index is 0.0440. The molecule has 22 heavy (non-hydrogen) atoms. The Kier molecular flexibility index (Phi) is 3.75. The van der Waals surface area contributed by atoms with E-state index in [1.165, 1.54) is 24.3 Å². The molecule has 2 aliphatic rings. The second-order valence-corrected chi connectivity index (χ2v) is 5.47. The van der Waals surface area contributed by atoms with Gasteiger partial charge in [-0.2, -0.15) is 0 Å². The summed E-state index contributed by atoms with van der Waals surface area (Å²) in [5, 5.41) is 5.34. The van der Waals surface area contributed by atoms with Gasteiger partial charge in [-0.25, -0.2) is 4.39 Å². The van der Waals surface area contributed by atoms with E-state index in [9.17, 15) is 18.8 Å². The Morgan fingerprint density at radius 3 is 2.64 bits per heavy atom. The first-order valence-electron chi connectivity index (χ1n) is 7.17. The number of hydrogen-bond donors (Lipinski definition) is 2. The van der Waals surface area contributed by atoms with Crippen molar-refractivity contribution in [2.24, 2.45) is 5.92 Å². The zero-order valence-corrected chi connectivity index (χ0v) is 11.8. The number of hydrogen-bond acceptors (Lipinski definition) is 3. The number of halogens is 1. The lowest BCUT2D eigenvalue weighted by Crippen LogP contribution is -2.41. The number of anilines is 1. The van der Waals surface area contributed by atoms with Crippen molar-refractivity contribution in [2.75, 3.05) is 5.32 Å². The first kappa shape index (κ1) is 14.4. The fraction of sp³-hybridized carbons (Fsp3) is 0.312. The van der Waals surface area contributed by atoms with Crippen LogP contribution in [0.4, 0.5) is 10.1 Å². The van der Waals surface area contributed by atoms with Gasteiger partial charge in [0, 0.05) is 29.8 Å². The van der Waals surface area contributed by atoms with E-state index in [4.69, 9.17) is 0 Å². The van der Waals surface area contributed by atoms with Crippen LogP contribution in [0.15, 0.2) is 35.5 Å². The number of ketones is 1. The monoisotopic (exact) mass is 302 g/mol. The Balaban J connectivity index is 1.85. The molecule has 1 aromatic carbocycles. The summed E-state index contributed by atoms with van der Waals surface area (Å²) in [4.78, 5) is 36.3. The van der Waals surface area contributed by atoms with Gasteiger partial charge in [-0.1, -0.05) is 0 Å².